The normalized spacial score (nSPS) is 10.7. The third kappa shape index (κ3) is 3.70. The summed E-state index contributed by atoms with van der Waals surface area (Å²) in [6.07, 6.45) is 1.56. The molecule has 0 spiro atoms. The minimum absolute atomic E-state index is 0.0429. The zero-order valence-electron chi connectivity index (χ0n) is 10.8. The van der Waals surface area contributed by atoms with E-state index in [4.69, 9.17) is 11.6 Å². The van der Waals surface area contributed by atoms with Gasteiger partial charge in [0, 0.05) is 25.0 Å². The van der Waals surface area contributed by atoms with Crippen molar-refractivity contribution in [3.8, 4) is 0 Å². The van der Waals surface area contributed by atoms with Crippen LogP contribution in [0.5, 0.6) is 0 Å². The van der Waals surface area contributed by atoms with Crippen molar-refractivity contribution in [3.63, 3.8) is 0 Å². The Kier molecular flexibility index (Phi) is 4.94. The van der Waals surface area contributed by atoms with E-state index in [2.05, 4.69) is 18.8 Å². The van der Waals surface area contributed by atoms with E-state index in [1.54, 1.807) is 17.2 Å². The van der Waals surface area contributed by atoms with Crippen molar-refractivity contribution in [2.45, 2.75) is 27.7 Å². The quantitative estimate of drug-likeness (QED) is 0.827. The van der Waals surface area contributed by atoms with Gasteiger partial charge in [0.15, 0.2) is 0 Å². The SMILES string of the molecule is CCN(CC(C)C)C(=O)c1cnc(C)cc1Cl. The molecule has 0 atom stereocenters. The third-order valence-electron chi connectivity index (χ3n) is 2.48. The minimum atomic E-state index is -0.0429. The van der Waals surface area contributed by atoms with E-state index in [0.717, 1.165) is 12.2 Å². The van der Waals surface area contributed by atoms with Crippen LogP contribution in [-0.2, 0) is 0 Å². The zero-order chi connectivity index (χ0) is 13.0. The zero-order valence-corrected chi connectivity index (χ0v) is 11.6. The molecule has 0 aliphatic rings. The highest BCUT2D eigenvalue weighted by atomic mass is 35.5. The molecular formula is C13H19ClN2O. The largest absolute Gasteiger partial charge is 0.339 e. The molecule has 1 heterocycles. The Morgan fingerprint density at radius 1 is 1.53 bits per heavy atom. The van der Waals surface area contributed by atoms with Crippen LogP contribution in [0.15, 0.2) is 12.3 Å². The monoisotopic (exact) mass is 254 g/mol. The second-order valence-corrected chi connectivity index (χ2v) is 4.95. The lowest BCUT2D eigenvalue weighted by Gasteiger charge is -2.23. The van der Waals surface area contributed by atoms with Gasteiger partial charge < -0.3 is 4.90 Å². The second-order valence-electron chi connectivity index (χ2n) is 4.54. The van der Waals surface area contributed by atoms with Gasteiger partial charge in [0.05, 0.1) is 10.6 Å². The van der Waals surface area contributed by atoms with Gasteiger partial charge in [-0.2, -0.15) is 0 Å². The predicted molar refractivity (Wildman–Crippen MR) is 70.4 cm³/mol. The first kappa shape index (κ1) is 14.0. The van der Waals surface area contributed by atoms with E-state index in [9.17, 15) is 4.79 Å². The van der Waals surface area contributed by atoms with Gasteiger partial charge in [0.25, 0.3) is 5.91 Å². The van der Waals surface area contributed by atoms with Crippen LogP contribution < -0.4 is 0 Å². The minimum Gasteiger partial charge on any atom is -0.339 e. The molecule has 0 saturated heterocycles. The Hall–Kier alpha value is -1.09. The number of hydrogen-bond donors (Lipinski definition) is 0. The van der Waals surface area contributed by atoms with Crippen molar-refractivity contribution in [2.75, 3.05) is 13.1 Å². The molecule has 1 rings (SSSR count). The molecule has 17 heavy (non-hydrogen) atoms. The summed E-state index contributed by atoms with van der Waals surface area (Å²) >= 11 is 6.07. The predicted octanol–water partition coefficient (Wildman–Crippen LogP) is 3.16. The van der Waals surface area contributed by atoms with Crippen molar-refractivity contribution >= 4 is 17.5 Å². The maximum absolute atomic E-state index is 12.2. The van der Waals surface area contributed by atoms with Crippen LogP contribution in [0.2, 0.25) is 5.02 Å². The molecule has 1 aromatic heterocycles. The lowest BCUT2D eigenvalue weighted by molar-refractivity contribution is 0.0745. The van der Waals surface area contributed by atoms with Crippen molar-refractivity contribution in [2.24, 2.45) is 5.92 Å². The van der Waals surface area contributed by atoms with Crippen molar-refractivity contribution in [1.29, 1.82) is 0 Å². The molecule has 94 valence electrons. The van der Waals surface area contributed by atoms with Gasteiger partial charge in [-0.25, -0.2) is 0 Å². The summed E-state index contributed by atoms with van der Waals surface area (Å²) < 4.78 is 0. The number of halogens is 1. The van der Waals surface area contributed by atoms with Gasteiger partial charge in [0.2, 0.25) is 0 Å². The highest BCUT2D eigenvalue weighted by molar-refractivity contribution is 6.33. The number of carbonyl (C=O) groups excluding carboxylic acids is 1. The molecule has 0 unspecified atom stereocenters. The molecule has 0 fully saturated rings. The summed E-state index contributed by atoms with van der Waals surface area (Å²) in [6, 6.07) is 1.72. The average molecular weight is 255 g/mol. The van der Waals surface area contributed by atoms with Gasteiger partial charge in [-0.3, -0.25) is 9.78 Å². The molecule has 0 bridgehead atoms. The van der Waals surface area contributed by atoms with Gasteiger partial charge in [-0.1, -0.05) is 25.4 Å². The maximum Gasteiger partial charge on any atom is 0.256 e. The van der Waals surface area contributed by atoms with Crippen LogP contribution in [0, 0.1) is 12.8 Å². The lowest BCUT2D eigenvalue weighted by Crippen LogP contribution is -2.34. The number of amides is 1. The highest BCUT2D eigenvalue weighted by Crippen LogP contribution is 2.18. The maximum atomic E-state index is 12.2. The summed E-state index contributed by atoms with van der Waals surface area (Å²) in [5, 5.41) is 0.477. The Morgan fingerprint density at radius 3 is 2.65 bits per heavy atom. The Bertz CT molecular complexity index is 404. The fourth-order valence-corrected chi connectivity index (χ4v) is 1.94. The first-order valence-electron chi connectivity index (χ1n) is 5.87. The summed E-state index contributed by atoms with van der Waals surface area (Å²) in [5.74, 6) is 0.398. The van der Waals surface area contributed by atoms with E-state index in [1.165, 1.54) is 0 Å². The van der Waals surface area contributed by atoms with E-state index in [1.807, 2.05) is 13.8 Å². The van der Waals surface area contributed by atoms with E-state index >= 15 is 0 Å². The standard InChI is InChI=1S/C13H19ClN2O/c1-5-16(8-9(2)3)13(17)11-7-15-10(4)6-12(11)14/h6-7,9H,5,8H2,1-4H3. The Labute approximate surface area is 108 Å². The molecular weight excluding hydrogens is 236 g/mol. The number of hydrogen-bond acceptors (Lipinski definition) is 2. The van der Waals surface area contributed by atoms with Crippen LogP contribution in [0.25, 0.3) is 0 Å². The Morgan fingerprint density at radius 2 is 2.18 bits per heavy atom. The fourth-order valence-electron chi connectivity index (χ4n) is 1.65. The van der Waals surface area contributed by atoms with E-state index in [0.29, 0.717) is 23.0 Å². The Balaban J connectivity index is 2.93. The highest BCUT2D eigenvalue weighted by Gasteiger charge is 2.18. The summed E-state index contributed by atoms with van der Waals surface area (Å²) in [4.78, 5) is 18.2. The van der Waals surface area contributed by atoms with Crippen LogP contribution in [0.3, 0.4) is 0 Å². The van der Waals surface area contributed by atoms with Gasteiger partial charge in [0.1, 0.15) is 0 Å². The summed E-state index contributed by atoms with van der Waals surface area (Å²) in [5.41, 5.74) is 1.30. The first-order chi connectivity index (χ1) is 7.95. The summed E-state index contributed by atoms with van der Waals surface area (Å²) in [7, 11) is 0. The van der Waals surface area contributed by atoms with Gasteiger partial charge in [-0.15, -0.1) is 0 Å². The first-order valence-corrected chi connectivity index (χ1v) is 6.25. The fraction of sp³-hybridized carbons (Fsp3) is 0.538. The summed E-state index contributed by atoms with van der Waals surface area (Å²) in [6.45, 7) is 9.41. The second kappa shape index (κ2) is 6.01. The van der Waals surface area contributed by atoms with Gasteiger partial charge >= 0.3 is 0 Å². The van der Waals surface area contributed by atoms with Crippen LogP contribution in [-0.4, -0.2) is 28.9 Å². The van der Waals surface area contributed by atoms with Crippen LogP contribution >= 0.6 is 11.6 Å². The van der Waals surface area contributed by atoms with Crippen molar-refractivity contribution < 1.29 is 4.79 Å². The van der Waals surface area contributed by atoms with Crippen molar-refractivity contribution in [3.05, 3.63) is 28.5 Å². The average Bonchev–Trinajstić information content (AvgIpc) is 2.24. The number of aryl methyl sites for hydroxylation is 1. The number of rotatable bonds is 4. The van der Waals surface area contributed by atoms with Crippen molar-refractivity contribution in [1.82, 2.24) is 9.88 Å². The molecule has 1 amide bonds. The molecule has 0 aliphatic heterocycles. The number of pyridine rings is 1. The molecule has 3 nitrogen and oxygen atoms in total. The van der Waals surface area contributed by atoms with Gasteiger partial charge in [-0.05, 0) is 25.8 Å². The number of nitrogens with zero attached hydrogens (tertiary/aromatic N) is 2. The molecule has 0 aliphatic carbocycles. The lowest BCUT2D eigenvalue weighted by atomic mass is 10.1. The number of aromatic nitrogens is 1. The molecule has 4 heteroatoms. The van der Waals surface area contributed by atoms with Crippen LogP contribution in [0.1, 0.15) is 36.8 Å². The van der Waals surface area contributed by atoms with E-state index in [-0.39, 0.29) is 5.91 Å². The molecule has 0 saturated carbocycles. The molecule has 0 N–H and O–H groups in total. The third-order valence-corrected chi connectivity index (χ3v) is 2.79. The number of carbonyl (C=O) groups is 1. The van der Waals surface area contributed by atoms with E-state index < -0.39 is 0 Å². The molecule has 0 aromatic carbocycles. The van der Waals surface area contributed by atoms with Crippen LogP contribution in [0.4, 0.5) is 0 Å². The smallest absolute Gasteiger partial charge is 0.256 e. The molecule has 1 aromatic rings. The molecule has 0 radical (unpaired) electrons. The topological polar surface area (TPSA) is 33.2 Å².